The first kappa shape index (κ1) is 15.5. The third kappa shape index (κ3) is 3.81. The highest BCUT2D eigenvalue weighted by atomic mass is 15.2. The van der Waals surface area contributed by atoms with Crippen molar-refractivity contribution in [3.05, 3.63) is 35.9 Å². The normalized spacial score (nSPS) is 19.4. The second-order valence-electron chi connectivity index (χ2n) is 5.83. The summed E-state index contributed by atoms with van der Waals surface area (Å²) in [6.07, 6.45) is 3.59. The first-order valence-electron chi connectivity index (χ1n) is 7.95. The van der Waals surface area contributed by atoms with E-state index in [0.29, 0.717) is 12.1 Å². The summed E-state index contributed by atoms with van der Waals surface area (Å²) in [7, 11) is 2.28. The van der Waals surface area contributed by atoms with Crippen LogP contribution in [0.1, 0.15) is 37.8 Å². The molecule has 0 amide bonds. The summed E-state index contributed by atoms with van der Waals surface area (Å²) in [5.41, 5.74) is 7.24. The van der Waals surface area contributed by atoms with Crippen molar-refractivity contribution in [2.24, 2.45) is 5.73 Å². The Morgan fingerprint density at radius 3 is 2.45 bits per heavy atom. The van der Waals surface area contributed by atoms with Crippen LogP contribution < -0.4 is 5.73 Å². The van der Waals surface area contributed by atoms with Crippen LogP contribution in [0.2, 0.25) is 0 Å². The third-order valence-corrected chi connectivity index (χ3v) is 4.70. The summed E-state index contributed by atoms with van der Waals surface area (Å²) in [6, 6.07) is 12.0. The van der Waals surface area contributed by atoms with Gasteiger partial charge in [-0.2, -0.15) is 0 Å². The maximum atomic E-state index is 5.84. The molecule has 0 saturated carbocycles. The summed E-state index contributed by atoms with van der Waals surface area (Å²) < 4.78 is 0. The summed E-state index contributed by atoms with van der Waals surface area (Å²) in [6.45, 7) is 6.65. The average Bonchev–Trinajstić information content (AvgIpc) is 2.53. The van der Waals surface area contributed by atoms with Gasteiger partial charge in [-0.25, -0.2) is 0 Å². The Kier molecular flexibility index (Phi) is 6.02. The molecule has 1 unspecified atom stereocenters. The Labute approximate surface area is 123 Å². The minimum absolute atomic E-state index is 0.458. The lowest BCUT2D eigenvalue weighted by Crippen LogP contribution is -2.44. The van der Waals surface area contributed by atoms with Gasteiger partial charge < -0.3 is 10.6 Å². The van der Waals surface area contributed by atoms with Crippen molar-refractivity contribution < 1.29 is 0 Å². The van der Waals surface area contributed by atoms with Crippen LogP contribution in [0.4, 0.5) is 0 Å². The van der Waals surface area contributed by atoms with Crippen LogP contribution in [0.25, 0.3) is 0 Å². The van der Waals surface area contributed by atoms with Gasteiger partial charge in [0, 0.05) is 12.1 Å². The second kappa shape index (κ2) is 7.77. The van der Waals surface area contributed by atoms with Crippen LogP contribution >= 0.6 is 0 Å². The molecule has 112 valence electrons. The fourth-order valence-corrected chi connectivity index (χ4v) is 3.34. The fourth-order valence-electron chi connectivity index (χ4n) is 3.34. The molecule has 0 aliphatic carbocycles. The van der Waals surface area contributed by atoms with Crippen LogP contribution in [0.3, 0.4) is 0 Å². The van der Waals surface area contributed by atoms with Crippen molar-refractivity contribution in [2.45, 2.75) is 38.3 Å². The van der Waals surface area contributed by atoms with Crippen LogP contribution in [-0.4, -0.2) is 49.1 Å². The summed E-state index contributed by atoms with van der Waals surface area (Å²) in [5, 5.41) is 0. The highest BCUT2D eigenvalue weighted by Crippen LogP contribution is 2.28. The van der Waals surface area contributed by atoms with E-state index in [-0.39, 0.29) is 0 Å². The molecule has 0 aromatic heterocycles. The number of hydrogen-bond donors (Lipinski definition) is 1. The number of benzene rings is 1. The SMILES string of the molecule is CCN1CCC(N(C)C(CCN)c2ccccc2)CC1. The molecule has 2 rings (SSSR count). The van der Waals surface area contributed by atoms with E-state index < -0.39 is 0 Å². The maximum absolute atomic E-state index is 5.84. The van der Waals surface area contributed by atoms with Gasteiger partial charge in [0.1, 0.15) is 0 Å². The Bertz CT molecular complexity index is 371. The van der Waals surface area contributed by atoms with Gasteiger partial charge in [0.25, 0.3) is 0 Å². The minimum atomic E-state index is 0.458. The molecule has 3 heteroatoms. The van der Waals surface area contributed by atoms with Crippen molar-refractivity contribution in [2.75, 3.05) is 33.2 Å². The van der Waals surface area contributed by atoms with Crippen molar-refractivity contribution in [1.82, 2.24) is 9.80 Å². The smallest absolute Gasteiger partial charge is 0.0360 e. The Hall–Kier alpha value is -0.900. The van der Waals surface area contributed by atoms with Gasteiger partial charge in [-0.05, 0) is 58.1 Å². The monoisotopic (exact) mass is 275 g/mol. The molecule has 0 spiro atoms. The predicted octanol–water partition coefficient (Wildman–Crippen LogP) is 2.49. The number of nitrogens with zero attached hydrogens (tertiary/aromatic N) is 2. The van der Waals surface area contributed by atoms with Gasteiger partial charge in [-0.3, -0.25) is 4.90 Å². The van der Waals surface area contributed by atoms with Gasteiger partial charge in [0.2, 0.25) is 0 Å². The summed E-state index contributed by atoms with van der Waals surface area (Å²) in [5.74, 6) is 0. The van der Waals surface area contributed by atoms with E-state index in [1.165, 1.54) is 38.0 Å². The number of likely N-dealkylation sites (tertiary alicyclic amines) is 1. The molecule has 1 aromatic rings. The molecule has 20 heavy (non-hydrogen) atoms. The molecule has 0 bridgehead atoms. The molecule has 1 aliphatic rings. The van der Waals surface area contributed by atoms with Crippen LogP contribution in [0.15, 0.2) is 30.3 Å². The van der Waals surface area contributed by atoms with Gasteiger partial charge >= 0.3 is 0 Å². The molecule has 1 atom stereocenters. The molecular formula is C17H29N3. The highest BCUT2D eigenvalue weighted by Gasteiger charge is 2.26. The quantitative estimate of drug-likeness (QED) is 0.866. The van der Waals surface area contributed by atoms with E-state index in [1.807, 2.05) is 0 Å². The van der Waals surface area contributed by atoms with Gasteiger partial charge in [-0.1, -0.05) is 37.3 Å². The van der Waals surface area contributed by atoms with Crippen LogP contribution in [-0.2, 0) is 0 Å². The summed E-state index contributed by atoms with van der Waals surface area (Å²) >= 11 is 0. The zero-order valence-electron chi connectivity index (χ0n) is 13.0. The standard InChI is InChI=1S/C17H29N3/c1-3-20-13-10-16(11-14-20)19(2)17(9-12-18)15-7-5-4-6-8-15/h4-8,16-17H,3,9-14,18H2,1-2H3. The molecule has 1 fully saturated rings. The average molecular weight is 275 g/mol. The van der Waals surface area contributed by atoms with Gasteiger partial charge in [0.15, 0.2) is 0 Å². The first-order valence-corrected chi connectivity index (χ1v) is 7.95. The van der Waals surface area contributed by atoms with Gasteiger partial charge in [0.05, 0.1) is 0 Å². The Balaban J connectivity index is 2.02. The molecule has 3 nitrogen and oxygen atoms in total. The van der Waals surface area contributed by atoms with Crippen molar-refractivity contribution in [3.63, 3.8) is 0 Å². The molecule has 1 saturated heterocycles. The van der Waals surface area contributed by atoms with E-state index in [4.69, 9.17) is 5.73 Å². The molecule has 0 radical (unpaired) electrons. The highest BCUT2D eigenvalue weighted by molar-refractivity contribution is 5.19. The second-order valence-corrected chi connectivity index (χ2v) is 5.83. The fraction of sp³-hybridized carbons (Fsp3) is 0.647. The zero-order valence-corrected chi connectivity index (χ0v) is 13.0. The van der Waals surface area contributed by atoms with Crippen LogP contribution in [0, 0.1) is 0 Å². The van der Waals surface area contributed by atoms with Crippen molar-refractivity contribution >= 4 is 0 Å². The van der Waals surface area contributed by atoms with E-state index in [0.717, 1.165) is 13.0 Å². The van der Waals surface area contributed by atoms with Crippen LogP contribution in [0.5, 0.6) is 0 Å². The molecular weight excluding hydrogens is 246 g/mol. The number of piperidine rings is 1. The van der Waals surface area contributed by atoms with E-state index in [2.05, 4.69) is 54.1 Å². The lowest BCUT2D eigenvalue weighted by atomic mass is 9.96. The van der Waals surface area contributed by atoms with E-state index >= 15 is 0 Å². The lowest BCUT2D eigenvalue weighted by molar-refractivity contribution is 0.0953. The zero-order chi connectivity index (χ0) is 14.4. The molecule has 2 N–H and O–H groups in total. The molecule has 1 aromatic carbocycles. The van der Waals surface area contributed by atoms with E-state index in [1.54, 1.807) is 0 Å². The predicted molar refractivity (Wildman–Crippen MR) is 85.8 cm³/mol. The maximum Gasteiger partial charge on any atom is 0.0360 e. The topological polar surface area (TPSA) is 32.5 Å². The third-order valence-electron chi connectivity index (χ3n) is 4.70. The van der Waals surface area contributed by atoms with Crippen molar-refractivity contribution in [3.8, 4) is 0 Å². The number of nitrogens with two attached hydrogens (primary N) is 1. The Morgan fingerprint density at radius 2 is 1.90 bits per heavy atom. The van der Waals surface area contributed by atoms with Gasteiger partial charge in [-0.15, -0.1) is 0 Å². The number of hydrogen-bond acceptors (Lipinski definition) is 3. The largest absolute Gasteiger partial charge is 0.330 e. The van der Waals surface area contributed by atoms with E-state index in [9.17, 15) is 0 Å². The Morgan fingerprint density at radius 1 is 1.25 bits per heavy atom. The minimum Gasteiger partial charge on any atom is -0.330 e. The molecule has 1 heterocycles. The lowest BCUT2D eigenvalue weighted by Gasteiger charge is -2.40. The first-order chi connectivity index (χ1) is 9.76. The number of rotatable bonds is 6. The molecule has 1 aliphatic heterocycles. The van der Waals surface area contributed by atoms with Crippen molar-refractivity contribution in [1.29, 1.82) is 0 Å². The summed E-state index contributed by atoms with van der Waals surface area (Å²) in [4.78, 5) is 5.11.